The summed E-state index contributed by atoms with van der Waals surface area (Å²) in [5.74, 6) is -2.98. The Balaban J connectivity index is 3.94. The van der Waals surface area contributed by atoms with Gasteiger partial charge in [-0.25, -0.2) is 0 Å². The van der Waals surface area contributed by atoms with Gasteiger partial charge in [0.25, 0.3) is 10.1 Å². The quantitative estimate of drug-likeness (QED) is 0.205. The molecule has 98 valence electrons. The highest BCUT2D eigenvalue weighted by Crippen LogP contribution is 2.33. The first-order valence-electron chi connectivity index (χ1n) is 4.06. The van der Waals surface area contributed by atoms with Gasteiger partial charge in [0.05, 0.1) is 5.70 Å². The van der Waals surface area contributed by atoms with E-state index in [0.717, 1.165) is 0 Å². The van der Waals surface area contributed by atoms with Gasteiger partial charge in [-0.15, -0.1) is 0 Å². The van der Waals surface area contributed by atoms with Crippen molar-refractivity contribution in [3.63, 3.8) is 0 Å². The molecule has 0 aromatic rings. The van der Waals surface area contributed by atoms with Gasteiger partial charge in [0.1, 0.15) is 15.6 Å². The summed E-state index contributed by atoms with van der Waals surface area (Å²) in [5, 5.41) is 4.42. The van der Waals surface area contributed by atoms with Crippen molar-refractivity contribution in [2.45, 2.75) is 0 Å². The number of rotatable bonds is 3. The maximum Gasteiger partial charge on any atom is 0.296 e. The van der Waals surface area contributed by atoms with Gasteiger partial charge >= 0.3 is 0 Å². The number of halogens is 1. The molecule has 0 saturated heterocycles. The number of nitrogens with zero attached hydrogens (tertiary/aromatic N) is 6. The molecule has 0 saturated carbocycles. The highest BCUT2D eigenvalue weighted by Gasteiger charge is 2.38. The fourth-order valence-corrected chi connectivity index (χ4v) is 2.31. The molecule has 19 heavy (non-hydrogen) atoms. The SMILES string of the molecule is [N-]=[N+]=NC1=C(N=[N+]=[N-])C(S(=O)(=O)O)=C(Cl)C(=O)C1=O. The van der Waals surface area contributed by atoms with E-state index in [1.54, 1.807) is 0 Å². The molecule has 0 spiro atoms. The van der Waals surface area contributed by atoms with Crippen molar-refractivity contribution in [3.05, 3.63) is 42.2 Å². The number of carbonyl (C=O) groups excluding carboxylic acids is 2. The molecule has 1 rings (SSSR count). The number of hydrogen-bond donors (Lipinski definition) is 1. The van der Waals surface area contributed by atoms with Gasteiger partial charge in [0.2, 0.25) is 11.6 Å². The molecule has 1 aliphatic carbocycles. The lowest BCUT2D eigenvalue weighted by Gasteiger charge is -2.14. The average Bonchev–Trinajstić information content (AvgIpc) is 2.30. The summed E-state index contributed by atoms with van der Waals surface area (Å²) in [6.45, 7) is 0. The van der Waals surface area contributed by atoms with E-state index in [2.05, 4.69) is 20.1 Å². The van der Waals surface area contributed by atoms with Gasteiger partial charge < -0.3 is 0 Å². The minimum atomic E-state index is -5.09. The van der Waals surface area contributed by atoms with Crippen LogP contribution in [0.4, 0.5) is 0 Å². The van der Waals surface area contributed by atoms with Crippen LogP contribution in [0.15, 0.2) is 31.6 Å². The minimum absolute atomic E-state index is 1.04. The standard InChI is InChI=1S/C6HClN6O5S/c7-1-4(14)5(15)2(10-12-8)3(11-13-9)6(1)19(16,17)18/h(H,16,17,18). The van der Waals surface area contributed by atoms with Crippen molar-refractivity contribution in [3.8, 4) is 0 Å². The summed E-state index contributed by atoms with van der Waals surface area (Å²) in [6, 6.07) is 0. The lowest BCUT2D eigenvalue weighted by atomic mass is 10.1. The summed E-state index contributed by atoms with van der Waals surface area (Å²) in [7, 11) is -5.09. The van der Waals surface area contributed by atoms with E-state index in [9.17, 15) is 18.0 Å². The van der Waals surface area contributed by atoms with Gasteiger partial charge in [-0.1, -0.05) is 21.8 Å². The molecule has 0 amide bonds. The summed E-state index contributed by atoms with van der Waals surface area (Å²) >= 11 is 5.33. The zero-order valence-electron chi connectivity index (χ0n) is 8.55. The number of ketones is 2. The van der Waals surface area contributed by atoms with Crippen LogP contribution in [0.3, 0.4) is 0 Å². The second-order valence-electron chi connectivity index (χ2n) is 2.85. The van der Waals surface area contributed by atoms with E-state index < -0.39 is 43.0 Å². The molecule has 0 unspecified atom stereocenters. The van der Waals surface area contributed by atoms with E-state index in [-0.39, 0.29) is 0 Å². The molecule has 1 aliphatic rings. The van der Waals surface area contributed by atoms with E-state index in [1.165, 1.54) is 0 Å². The summed E-state index contributed by atoms with van der Waals surface area (Å²) in [4.78, 5) is 25.9. The van der Waals surface area contributed by atoms with Crippen LogP contribution in [-0.2, 0) is 19.7 Å². The maximum absolute atomic E-state index is 11.4. The van der Waals surface area contributed by atoms with E-state index in [1.807, 2.05) is 0 Å². The maximum atomic E-state index is 11.4. The highest BCUT2D eigenvalue weighted by atomic mass is 35.5. The molecule has 1 N–H and O–H groups in total. The minimum Gasteiger partial charge on any atom is -0.285 e. The lowest BCUT2D eigenvalue weighted by Crippen LogP contribution is -2.25. The largest absolute Gasteiger partial charge is 0.296 e. The fraction of sp³-hybridized carbons (Fsp3) is 0. The lowest BCUT2D eigenvalue weighted by molar-refractivity contribution is -0.132. The monoisotopic (exact) mass is 304 g/mol. The molecule has 0 fully saturated rings. The Morgan fingerprint density at radius 1 is 1.05 bits per heavy atom. The van der Waals surface area contributed by atoms with Gasteiger partial charge in [-0.3, -0.25) is 14.1 Å². The molecule has 0 radical (unpaired) electrons. The average molecular weight is 305 g/mol. The molecule has 0 aromatic carbocycles. The summed E-state index contributed by atoms with van der Waals surface area (Å²) < 4.78 is 31.1. The van der Waals surface area contributed by atoms with Crippen LogP contribution in [0.25, 0.3) is 20.9 Å². The molecular weight excluding hydrogens is 304 g/mol. The second-order valence-corrected chi connectivity index (χ2v) is 4.59. The Morgan fingerprint density at radius 2 is 1.53 bits per heavy atom. The van der Waals surface area contributed by atoms with Gasteiger partial charge in [0.15, 0.2) is 0 Å². The number of hydrogen-bond acceptors (Lipinski definition) is 6. The molecule has 0 atom stereocenters. The Labute approximate surface area is 109 Å². The van der Waals surface area contributed by atoms with Crippen molar-refractivity contribution in [2.75, 3.05) is 0 Å². The Kier molecular flexibility index (Phi) is 3.95. The van der Waals surface area contributed by atoms with Crippen LogP contribution >= 0.6 is 11.6 Å². The molecule has 0 aliphatic heterocycles. The molecule has 0 bridgehead atoms. The van der Waals surface area contributed by atoms with Crippen LogP contribution in [0.1, 0.15) is 0 Å². The first-order valence-corrected chi connectivity index (χ1v) is 5.88. The Morgan fingerprint density at radius 3 is 1.95 bits per heavy atom. The number of allylic oxidation sites excluding steroid dienone is 2. The predicted octanol–water partition coefficient (Wildman–Crippen LogP) is 1.31. The summed E-state index contributed by atoms with van der Waals surface area (Å²) in [6.07, 6.45) is 0. The molecule has 13 heteroatoms. The zero-order chi connectivity index (χ0) is 14.8. The van der Waals surface area contributed by atoms with Crippen LogP contribution < -0.4 is 0 Å². The van der Waals surface area contributed by atoms with Crippen molar-refractivity contribution < 1.29 is 22.6 Å². The van der Waals surface area contributed by atoms with Crippen molar-refractivity contribution >= 4 is 33.3 Å². The normalized spacial score (nSPS) is 16.1. The van der Waals surface area contributed by atoms with Crippen LogP contribution in [-0.4, -0.2) is 24.5 Å². The van der Waals surface area contributed by atoms with Crippen LogP contribution in [0.5, 0.6) is 0 Å². The smallest absolute Gasteiger partial charge is 0.285 e. The fourth-order valence-electron chi connectivity index (χ4n) is 1.14. The summed E-state index contributed by atoms with van der Waals surface area (Å²) in [5.41, 5.74) is 14.4. The van der Waals surface area contributed by atoms with E-state index in [0.29, 0.717) is 0 Å². The van der Waals surface area contributed by atoms with Crippen molar-refractivity contribution in [2.24, 2.45) is 10.2 Å². The molecular formula is C6HClN6O5S. The topological polar surface area (TPSA) is 186 Å². The van der Waals surface area contributed by atoms with E-state index in [4.69, 9.17) is 27.2 Å². The third-order valence-corrected chi connectivity index (χ3v) is 3.19. The van der Waals surface area contributed by atoms with Crippen molar-refractivity contribution in [1.29, 1.82) is 0 Å². The third-order valence-electron chi connectivity index (χ3n) is 1.81. The third kappa shape index (κ3) is 2.57. The number of Topliss-reactive ketones (excluding diaryl/α,β-unsaturated/α-hetero) is 2. The Bertz CT molecular complexity index is 751. The van der Waals surface area contributed by atoms with Crippen LogP contribution in [0.2, 0.25) is 0 Å². The first-order chi connectivity index (χ1) is 8.75. The molecule has 0 heterocycles. The second kappa shape index (κ2) is 5.10. The van der Waals surface area contributed by atoms with E-state index >= 15 is 0 Å². The van der Waals surface area contributed by atoms with Crippen LogP contribution in [0, 0.1) is 0 Å². The van der Waals surface area contributed by atoms with Gasteiger partial charge in [0, 0.05) is 9.82 Å². The van der Waals surface area contributed by atoms with Gasteiger partial charge in [-0.05, 0) is 11.1 Å². The molecule has 11 nitrogen and oxygen atoms in total. The number of azide groups is 2. The number of carbonyl (C=O) groups is 2. The highest BCUT2D eigenvalue weighted by molar-refractivity contribution is 7.90. The first kappa shape index (κ1) is 14.7. The molecule has 0 aromatic heterocycles. The zero-order valence-corrected chi connectivity index (χ0v) is 10.1. The van der Waals surface area contributed by atoms with Gasteiger partial charge in [-0.2, -0.15) is 8.42 Å². The Hall–Kier alpha value is -2.36. The predicted molar refractivity (Wildman–Crippen MR) is 59.8 cm³/mol. The van der Waals surface area contributed by atoms with Crippen molar-refractivity contribution in [1.82, 2.24) is 0 Å².